The molecule has 21 heavy (non-hydrogen) atoms. The van der Waals surface area contributed by atoms with Crippen LogP contribution in [0.15, 0.2) is 21.5 Å². The van der Waals surface area contributed by atoms with E-state index in [1.54, 1.807) is 10.4 Å². The SMILES string of the molecule is Cc1c(Br)cc(CN)cc1S(=O)(=O)N1CC(C)CC(C)C1. The van der Waals surface area contributed by atoms with Gasteiger partial charge in [-0.2, -0.15) is 4.31 Å². The van der Waals surface area contributed by atoms with Gasteiger partial charge in [0.2, 0.25) is 10.0 Å². The van der Waals surface area contributed by atoms with Crippen LogP contribution in [0.25, 0.3) is 0 Å². The predicted octanol–water partition coefficient (Wildman–Crippen LogP) is 2.88. The van der Waals surface area contributed by atoms with Gasteiger partial charge in [0.15, 0.2) is 0 Å². The maximum Gasteiger partial charge on any atom is 0.243 e. The van der Waals surface area contributed by atoms with Crippen LogP contribution in [0.5, 0.6) is 0 Å². The van der Waals surface area contributed by atoms with Gasteiger partial charge < -0.3 is 5.73 Å². The van der Waals surface area contributed by atoms with Crippen molar-refractivity contribution >= 4 is 26.0 Å². The number of halogens is 1. The largest absolute Gasteiger partial charge is 0.326 e. The van der Waals surface area contributed by atoms with Crippen LogP contribution in [-0.4, -0.2) is 25.8 Å². The Labute approximate surface area is 135 Å². The third-order valence-corrected chi connectivity index (χ3v) is 6.83. The molecule has 0 aliphatic carbocycles. The number of piperidine rings is 1. The molecule has 1 aliphatic rings. The van der Waals surface area contributed by atoms with Gasteiger partial charge in [-0.05, 0) is 48.4 Å². The van der Waals surface area contributed by atoms with Crippen LogP contribution in [0.3, 0.4) is 0 Å². The number of hydrogen-bond donors (Lipinski definition) is 1. The molecule has 2 atom stereocenters. The van der Waals surface area contributed by atoms with E-state index in [0.29, 0.717) is 36.4 Å². The van der Waals surface area contributed by atoms with Crippen molar-refractivity contribution in [2.75, 3.05) is 13.1 Å². The summed E-state index contributed by atoms with van der Waals surface area (Å²) < 4.78 is 28.4. The Hall–Kier alpha value is -0.430. The zero-order valence-electron chi connectivity index (χ0n) is 12.8. The molecule has 2 rings (SSSR count). The summed E-state index contributed by atoms with van der Waals surface area (Å²) in [6.07, 6.45) is 1.08. The van der Waals surface area contributed by atoms with Gasteiger partial charge >= 0.3 is 0 Å². The Morgan fingerprint density at radius 1 is 1.29 bits per heavy atom. The molecule has 1 heterocycles. The molecule has 1 aromatic carbocycles. The van der Waals surface area contributed by atoms with E-state index in [1.165, 1.54) is 0 Å². The van der Waals surface area contributed by atoms with Crippen LogP contribution < -0.4 is 5.73 Å². The molecular weight excluding hydrogens is 352 g/mol. The molecule has 1 saturated heterocycles. The lowest BCUT2D eigenvalue weighted by Gasteiger charge is -2.34. The molecule has 1 fully saturated rings. The van der Waals surface area contributed by atoms with Gasteiger partial charge in [-0.3, -0.25) is 0 Å². The van der Waals surface area contributed by atoms with Gasteiger partial charge in [0.1, 0.15) is 0 Å². The highest BCUT2D eigenvalue weighted by molar-refractivity contribution is 9.10. The van der Waals surface area contributed by atoms with Crippen LogP contribution in [0.2, 0.25) is 0 Å². The molecule has 2 N–H and O–H groups in total. The van der Waals surface area contributed by atoms with Crippen molar-refractivity contribution in [1.29, 1.82) is 0 Å². The van der Waals surface area contributed by atoms with Gasteiger partial charge in [0.25, 0.3) is 0 Å². The summed E-state index contributed by atoms with van der Waals surface area (Å²) in [5, 5.41) is 0. The molecule has 118 valence electrons. The van der Waals surface area contributed by atoms with Crippen LogP contribution in [0, 0.1) is 18.8 Å². The maximum atomic E-state index is 13.0. The molecule has 6 heteroatoms. The molecular formula is C15H23BrN2O2S. The summed E-state index contributed by atoms with van der Waals surface area (Å²) in [7, 11) is -3.47. The molecule has 0 spiro atoms. The van der Waals surface area contributed by atoms with E-state index in [-0.39, 0.29) is 0 Å². The van der Waals surface area contributed by atoms with E-state index in [1.807, 2.05) is 13.0 Å². The summed E-state index contributed by atoms with van der Waals surface area (Å²) >= 11 is 3.44. The minimum absolute atomic E-state index is 0.328. The third kappa shape index (κ3) is 3.50. The number of hydrogen-bond acceptors (Lipinski definition) is 3. The van der Waals surface area contributed by atoms with Gasteiger partial charge in [0.05, 0.1) is 4.90 Å². The molecule has 0 amide bonds. The van der Waals surface area contributed by atoms with Gasteiger partial charge in [-0.25, -0.2) is 8.42 Å². The predicted molar refractivity (Wildman–Crippen MR) is 88.5 cm³/mol. The van der Waals surface area contributed by atoms with Gasteiger partial charge in [0, 0.05) is 24.1 Å². The Kier molecular flexibility index (Phi) is 5.13. The molecule has 0 bridgehead atoms. The number of nitrogens with two attached hydrogens (primary N) is 1. The van der Waals surface area contributed by atoms with E-state index in [0.717, 1.165) is 22.0 Å². The molecule has 2 unspecified atom stereocenters. The van der Waals surface area contributed by atoms with E-state index < -0.39 is 10.0 Å². The zero-order chi connectivity index (χ0) is 15.8. The second-order valence-electron chi connectivity index (χ2n) is 6.17. The first-order valence-electron chi connectivity index (χ1n) is 7.25. The third-order valence-electron chi connectivity index (χ3n) is 4.05. The standard InChI is InChI=1S/C15H23BrN2O2S/c1-10-4-11(2)9-18(8-10)21(19,20)15-6-13(7-17)5-14(16)12(15)3/h5-6,10-11H,4,7-9,17H2,1-3H3. The number of nitrogens with zero attached hydrogens (tertiary/aromatic N) is 1. The van der Waals surface area contributed by atoms with Crippen molar-refractivity contribution in [1.82, 2.24) is 4.31 Å². The molecule has 0 aromatic heterocycles. The molecule has 1 aliphatic heterocycles. The summed E-state index contributed by atoms with van der Waals surface area (Å²) in [6.45, 7) is 7.56. The summed E-state index contributed by atoms with van der Waals surface area (Å²) in [6, 6.07) is 3.59. The topological polar surface area (TPSA) is 63.4 Å². The smallest absolute Gasteiger partial charge is 0.243 e. The van der Waals surface area contributed by atoms with E-state index in [2.05, 4.69) is 29.8 Å². The van der Waals surface area contributed by atoms with Crippen LogP contribution in [-0.2, 0) is 16.6 Å². The first kappa shape index (κ1) is 16.9. The zero-order valence-corrected chi connectivity index (χ0v) is 15.2. The fourth-order valence-electron chi connectivity index (χ4n) is 3.03. The van der Waals surface area contributed by atoms with E-state index in [9.17, 15) is 8.42 Å². The van der Waals surface area contributed by atoms with Crippen molar-refractivity contribution in [3.05, 3.63) is 27.7 Å². The quantitative estimate of drug-likeness (QED) is 0.884. The minimum Gasteiger partial charge on any atom is -0.326 e. The molecule has 1 aromatic rings. The Morgan fingerprint density at radius 3 is 2.38 bits per heavy atom. The number of benzene rings is 1. The van der Waals surface area contributed by atoms with Crippen LogP contribution in [0.1, 0.15) is 31.4 Å². The average molecular weight is 375 g/mol. The maximum absolute atomic E-state index is 13.0. The second kappa shape index (κ2) is 6.36. The normalized spacial score (nSPS) is 24.2. The summed E-state index contributed by atoms with van der Waals surface area (Å²) in [4.78, 5) is 0.374. The molecule has 4 nitrogen and oxygen atoms in total. The Balaban J connectivity index is 2.46. The van der Waals surface area contributed by atoms with Crippen molar-refractivity contribution in [3.8, 4) is 0 Å². The lowest BCUT2D eigenvalue weighted by Crippen LogP contribution is -2.42. The number of sulfonamides is 1. The van der Waals surface area contributed by atoms with Crippen molar-refractivity contribution in [2.24, 2.45) is 17.6 Å². The fourth-order valence-corrected chi connectivity index (χ4v) is 5.65. The lowest BCUT2D eigenvalue weighted by molar-refractivity contribution is 0.222. The molecule has 0 saturated carbocycles. The lowest BCUT2D eigenvalue weighted by atomic mass is 9.94. The van der Waals surface area contributed by atoms with Crippen molar-refractivity contribution in [3.63, 3.8) is 0 Å². The highest BCUT2D eigenvalue weighted by Crippen LogP contribution is 2.31. The first-order valence-corrected chi connectivity index (χ1v) is 9.48. The van der Waals surface area contributed by atoms with Crippen molar-refractivity contribution < 1.29 is 8.42 Å². The van der Waals surface area contributed by atoms with E-state index in [4.69, 9.17) is 5.73 Å². The Morgan fingerprint density at radius 2 is 1.86 bits per heavy atom. The van der Waals surface area contributed by atoms with Crippen LogP contribution >= 0.6 is 15.9 Å². The molecule has 0 radical (unpaired) electrons. The van der Waals surface area contributed by atoms with Gasteiger partial charge in [-0.1, -0.05) is 29.8 Å². The second-order valence-corrected chi connectivity index (χ2v) is 8.93. The van der Waals surface area contributed by atoms with Crippen molar-refractivity contribution in [2.45, 2.75) is 38.6 Å². The highest BCUT2D eigenvalue weighted by atomic mass is 79.9. The number of rotatable bonds is 3. The monoisotopic (exact) mass is 374 g/mol. The highest BCUT2D eigenvalue weighted by Gasteiger charge is 2.33. The fraction of sp³-hybridized carbons (Fsp3) is 0.600. The average Bonchev–Trinajstić information content (AvgIpc) is 2.40. The minimum atomic E-state index is -3.47. The summed E-state index contributed by atoms with van der Waals surface area (Å²) in [5.41, 5.74) is 7.25. The summed E-state index contributed by atoms with van der Waals surface area (Å²) in [5.74, 6) is 0.787. The van der Waals surface area contributed by atoms with Crippen LogP contribution in [0.4, 0.5) is 0 Å². The first-order chi connectivity index (χ1) is 9.75. The Bertz CT molecular complexity index is 621. The van der Waals surface area contributed by atoms with E-state index >= 15 is 0 Å². The van der Waals surface area contributed by atoms with Gasteiger partial charge in [-0.15, -0.1) is 0 Å².